The summed E-state index contributed by atoms with van der Waals surface area (Å²) in [5.41, 5.74) is 1.16. The van der Waals surface area contributed by atoms with Crippen LogP contribution in [0, 0.1) is 0 Å². The summed E-state index contributed by atoms with van der Waals surface area (Å²) in [6.07, 6.45) is 4.10. The van der Waals surface area contributed by atoms with E-state index in [1.165, 1.54) is 0 Å². The Labute approximate surface area is 95.3 Å². The van der Waals surface area contributed by atoms with Gasteiger partial charge in [0, 0.05) is 6.42 Å². The predicted octanol–water partition coefficient (Wildman–Crippen LogP) is 1.87. The second-order valence-electron chi connectivity index (χ2n) is 3.84. The van der Waals surface area contributed by atoms with Crippen LogP contribution in [0.4, 0.5) is 0 Å². The van der Waals surface area contributed by atoms with Crippen LogP contribution in [0.25, 0.3) is 0 Å². The molecule has 0 radical (unpaired) electrons. The first-order valence-electron chi connectivity index (χ1n) is 5.47. The maximum atomic E-state index is 8.98. The van der Waals surface area contributed by atoms with Gasteiger partial charge in [0.2, 0.25) is 0 Å². The molecule has 1 aliphatic heterocycles. The van der Waals surface area contributed by atoms with Crippen molar-refractivity contribution < 1.29 is 14.6 Å². The van der Waals surface area contributed by atoms with Gasteiger partial charge in [0.05, 0.1) is 25.6 Å². The first-order chi connectivity index (χ1) is 7.88. The summed E-state index contributed by atoms with van der Waals surface area (Å²) in [5, 5.41) is 8.98. The molecule has 0 spiro atoms. The van der Waals surface area contributed by atoms with Crippen molar-refractivity contribution in [3.05, 3.63) is 48.2 Å². The molecule has 1 aliphatic rings. The monoisotopic (exact) mass is 220 g/mol. The average molecular weight is 220 g/mol. The van der Waals surface area contributed by atoms with Crippen molar-refractivity contribution in [2.24, 2.45) is 0 Å². The van der Waals surface area contributed by atoms with E-state index in [0.29, 0.717) is 13.0 Å². The summed E-state index contributed by atoms with van der Waals surface area (Å²) in [5.74, 6) is 0. The fourth-order valence-electron chi connectivity index (χ4n) is 1.66. The molecule has 0 amide bonds. The third-order valence-electron chi connectivity index (χ3n) is 2.57. The number of hydrogen-bond acceptors (Lipinski definition) is 3. The van der Waals surface area contributed by atoms with Crippen molar-refractivity contribution in [2.45, 2.75) is 25.2 Å². The van der Waals surface area contributed by atoms with E-state index in [9.17, 15) is 0 Å². The molecule has 3 nitrogen and oxygen atoms in total. The topological polar surface area (TPSA) is 38.7 Å². The van der Waals surface area contributed by atoms with Crippen molar-refractivity contribution in [1.29, 1.82) is 0 Å². The quantitative estimate of drug-likeness (QED) is 0.841. The van der Waals surface area contributed by atoms with Crippen LogP contribution in [-0.2, 0) is 16.1 Å². The molecule has 0 bridgehead atoms. The van der Waals surface area contributed by atoms with Crippen LogP contribution < -0.4 is 0 Å². The molecule has 86 valence electrons. The molecule has 1 aromatic rings. The molecule has 0 saturated carbocycles. The maximum absolute atomic E-state index is 8.98. The Bertz CT molecular complexity index is 334. The molecule has 3 heteroatoms. The molecule has 1 heterocycles. The molecule has 0 saturated heterocycles. The van der Waals surface area contributed by atoms with Gasteiger partial charge in [0.15, 0.2) is 0 Å². The summed E-state index contributed by atoms with van der Waals surface area (Å²) >= 11 is 0. The number of aliphatic hydroxyl groups is 1. The molecule has 2 rings (SSSR count). The predicted molar refractivity (Wildman–Crippen MR) is 60.7 cm³/mol. The fraction of sp³-hybridized carbons (Fsp3) is 0.385. The van der Waals surface area contributed by atoms with Gasteiger partial charge in [-0.15, -0.1) is 0 Å². The highest BCUT2D eigenvalue weighted by Crippen LogP contribution is 2.15. The van der Waals surface area contributed by atoms with Gasteiger partial charge >= 0.3 is 0 Å². The summed E-state index contributed by atoms with van der Waals surface area (Å²) in [6, 6.07) is 10.0. The molecule has 1 aromatic carbocycles. The lowest BCUT2D eigenvalue weighted by Gasteiger charge is -2.24. The van der Waals surface area contributed by atoms with E-state index >= 15 is 0 Å². The zero-order valence-corrected chi connectivity index (χ0v) is 9.08. The average Bonchev–Trinajstić information content (AvgIpc) is 2.38. The highest BCUT2D eigenvalue weighted by atomic mass is 16.5. The van der Waals surface area contributed by atoms with Crippen molar-refractivity contribution in [1.82, 2.24) is 0 Å². The number of hydrogen-bond donors (Lipinski definition) is 1. The minimum absolute atomic E-state index is 0.0334. The second-order valence-corrected chi connectivity index (χ2v) is 3.84. The van der Waals surface area contributed by atoms with E-state index in [1.54, 1.807) is 6.26 Å². The lowest BCUT2D eigenvalue weighted by Crippen LogP contribution is -2.27. The van der Waals surface area contributed by atoms with Crippen molar-refractivity contribution in [3.63, 3.8) is 0 Å². The Hall–Kier alpha value is -1.32. The summed E-state index contributed by atoms with van der Waals surface area (Å²) in [4.78, 5) is 0. The molecule has 0 aromatic heterocycles. The molecule has 0 aliphatic carbocycles. The molecule has 2 atom stereocenters. The van der Waals surface area contributed by atoms with Crippen LogP contribution in [0.3, 0.4) is 0 Å². The largest absolute Gasteiger partial charge is 0.496 e. The zero-order valence-electron chi connectivity index (χ0n) is 9.08. The van der Waals surface area contributed by atoms with E-state index in [2.05, 4.69) is 0 Å². The number of aliphatic hydroxyl groups excluding tert-OH is 1. The van der Waals surface area contributed by atoms with E-state index in [1.807, 2.05) is 36.4 Å². The van der Waals surface area contributed by atoms with Crippen molar-refractivity contribution in [2.75, 3.05) is 6.61 Å². The minimum Gasteiger partial charge on any atom is -0.496 e. The number of benzene rings is 1. The van der Waals surface area contributed by atoms with Gasteiger partial charge < -0.3 is 14.6 Å². The van der Waals surface area contributed by atoms with Crippen LogP contribution >= 0.6 is 0 Å². The lowest BCUT2D eigenvalue weighted by atomic mass is 10.1. The first-order valence-corrected chi connectivity index (χ1v) is 5.47. The second kappa shape index (κ2) is 5.68. The van der Waals surface area contributed by atoms with Crippen LogP contribution in [0.1, 0.15) is 12.0 Å². The third kappa shape index (κ3) is 3.08. The number of rotatable bonds is 4. The highest BCUT2D eigenvalue weighted by Gasteiger charge is 2.18. The zero-order chi connectivity index (χ0) is 11.2. The van der Waals surface area contributed by atoms with Gasteiger partial charge in [-0.2, -0.15) is 0 Å². The first kappa shape index (κ1) is 11.2. The van der Waals surface area contributed by atoms with Gasteiger partial charge in [0.1, 0.15) is 6.10 Å². The molecule has 0 fully saturated rings. The Kier molecular flexibility index (Phi) is 3.97. The smallest absolute Gasteiger partial charge is 0.124 e. The van der Waals surface area contributed by atoms with Gasteiger partial charge in [0.25, 0.3) is 0 Å². The normalized spacial score (nSPS) is 24.1. The SMILES string of the molecule is OCC1CC(OCc2ccccc2)C=CO1. The van der Waals surface area contributed by atoms with E-state index in [-0.39, 0.29) is 18.8 Å². The van der Waals surface area contributed by atoms with E-state index < -0.39 is 0 Å². The molecular weight excluding hydrogens is 204 g/mol. The lowest BCUT2D eigenvalue weighted by molar-refractivity contribution is -0.0118. The molecule has 1 N–H and O–H groups in total. The minimum atomic E-state index is -0.134. The Morgan fingerprint density at radius 2 is 2.12 bits per heavy atom. The third-order valence-corrected chi connectivity index (χ3v) is 2.57. The molecule has 2 unspecified atom stereocenters. The van der Waals surface area contributed by atoms with Crippen molar-refractivity contribution >= 4 is 0 Å². The fourth-order valence-corrected chi connectivity index (χ4v) is 1.66. The summed E-state index contributed by atoms with van der Waals surface area (Å²) in [6.45, 7) is 0.629. The maximum Gasteiger partial charge on any atom is 0.124 e. The molecular formula is C13H16O3. The van der Waals surface area contributed by atoms with Gasteiger partial charge in [-0.3, -0.25) is 0 Å². The Morgan fingerprint density at radius 1 is 1.31 bits per heavy atom. The van der Waals surface area contributed by atoms with Gasteiger partial charge in [-0.1, -0.05) is 30.3 Å². The Balaban J connectivity index is 1.82. The standard InChI is InChI=1S/C13H16O3/c14-9-13-8-12(6-7-15-13)16-10-11-4-2-1-3-5-11/h1-7,12-14H,8-10H2. The number of ether oxygens (including phenoxy) is 2. The summed E-state index contributed by atoms with van der Waals surface area (Å²) in [7, 11) is 0. The van der Waals surface area contributed by atoms with E-state index in [0.717, 1.165) is 5.56 Å². The highest BCUT2D eigenvalue weighted by molar-refractivity contribution is 5.13. The van der Waals surface area contributed by atoms with Gasteiger partial charge in [-0.25, -0.2) is 0 Å². The van der Waals surface area contributed by atoms with Crippen LogP contribution in [-0.4, -0.2) is 23.9 Å². The van der Waals surface area contributed by atoms with Gasteiger partial charge in [-0.05, 0) is 11.6 Å². The van der Waals surface area contributed by atoms with Crippen LogP contribution in [0.5, 0.6) is 0 Å². The van der Waals surface area contributed by atoms with Crippen molar-refractivity contribution in [3.8, 4) is 0 Å². The summed E-state index contributed by atoms with van der Waals surface area (Å²) < 4.78 is 10.9. The Morgan fingerprint density at radius 3 is 2.88 bits per heavy atom. The van der Waals surface area contributed by atoms with Crippen LogP contribution in [0.2, 0.25) is 0 Å². The van der Waals surface area contributed by atoms with Crippen LogP contribution in [0.15, 0.2) is 42.7 Å². The van der Waals surface area contributed by atoms with E-state index in [4.69, 9.17) is 14.6 Å². The molecule has 16 heavy (non-hydrogen) atoms.